The Morgan fingerprint density at radius 1 is 0.892 bits per heavy atom. The molecule has 2 heterocycles. The maximum atomic E-state index is 13.1. The second-order valence-electron chi connectivity index (χ2n) is 8.07. The molecule has 0 aliphatic rings. The number of rotatable bonds is 16. The van der Waals surface area contributed by atoms with E-state index in [9.17, 15) is 34.2 Å². The van der Waals surface area contributed by atoms with E-state index in [0.29, 0.717) is 23.6 Å². The molecule has 4 atom stereocenters. The third-order valence-corrected chi connectivity index (χ3v) is 5.83. The van der Waals surface area contributed by atoms with Gasteiger partial charge in [0.1, 0.15) is 18.1 Å². The van der Waals surface area contributed by atoms with Crippen molar-refractivity contribution in [3.05, 3.63) is 36.4 Å². The van der Waals surface area contributed by atoms with Crippen LogP contribution in [0.2, 0.25) is 0 Å². The summed E-state index contributed by atoms with van der Waals surface area (Å²) in [5.41, 5.74) is 6.72. The van der Waals surface area contributed by atoms with Gasteiger partial charge in [0.05, 0.1) is 25.1 Å². The molecule has 0 aromatic carbocycles. The van der Waals surface area contributed by atoms with Gasteiger partial charge in [-0.25, -0.2) is 14.8 Å². The first-order valence-electron chi connectivity index (χ1n) is 11.1. The molecule has 202 valence electrons. The quantitative estimate of drug-likeness (QED) is 0.116. The first-order chi connectivity index (χ1) is 17.6. The molecule has 4 unspecified atom stereocenters. The van der Waals surface area contributed by atoms with Crippen molar-refractivity contribution in [2.75, 3.05) is 12.0 Å². The molecule has 0 radical (unpaired) electrons. The van der Waals surface area contributed by atoms with Gasteiger partial charge in [0.15, 0.2) is 0 Å². The molecular weight excluding hydrogens is 508 g/mol. The standard InChI is InChI=1S/C21H30N8O7S/c1-37-3-2-13(22)18(32)27-15(6-17(30)31)20(34)28-14(4-11-7-23-9-25-11)19(33)29-16(21(35)36)5-12-8-24-10-26-12/h7-10,13-16H,2-6,22H2,1H3,(H,23,25)(H,24,26)(H,27,32)(H,28,34)(H,29,33)(H,30,31)(H,35,36). The van der Waals surface area contributed by atoms with E-state index in [4.69, 9.17) is 5.73 Å². The summed E-state index contributed by atoms with van der Waals surface area (Å²) >= 11 is 1.47. The highest BCUT2D eigenvalue weighted by Gasteiger charge is 2.32. The highest BCUT2D eigenvalue weighted by atomic mass is 32.2. The summed E-state index contributed by atoms with van der Waals surface area (Å²) in [6, 6.07) is -5.16. The summed E-state index contributed by atoms with van der Waals surface area (Å²) in [4.78, 5) is 74.8. The van der Waals surface area contributed by atoms with E-state index in [1.165, 1.54) is 36.8 Å². The lowest BCUT2D eigenvalue weighted by Gasteiger charge is -2.24. The van der Waals surface area contributed by atoms with E-state index in [0.717, 1.165) is 0 Å². The fraction of sp³-hybridized carbons (Fsp3) is 0.476. The van der Waals surface area contributed by atoms with Gasteiger partial charge in [0, 0.05) is 36.6 Å². The van der Waals surface area contributed by atoms with Gasteiger partial charge in [-0.15, -0.1) is 0 Å². The van der Waals surface area contributed by atoms with Crippen molar-refractivity contribution < 1.29 is 34.2 Å². The van der Waals surface area contributed by atoms with Gasteiger partial charge in [0.25, 0.3) is 0 Å². The molecule has 2 aromatic heterocycles. The second-order valence-corrected chi connectivity index (χ2v) is 9.06. The molecule has 15 nitrogen and oxygen atoms in total. The number of amides is 3. The number of carbonyl (C=O) groups is 5. The van der Waals surface area contributed by atoms with Crippen LogP contribution in [0.4, 0.5) is 0 Å². The van der Waals surface area contributed by atoms with Crippen LogP contribution in [0.5, 0.6) is 0 Å². The Balaban J connectivity index is 2.18. The van der Waals surface area contributed by atoms with Gasteiger partial charge in [-0.3, -0.25) is 19.2 Å². The summed E-state index contributed by atoms with van der Waals surface area (Å²) in [5.74, 6) is -4.60. The number of carboxylic acids is 2. The topological polar surface area (TPSA) is 245 Å². The Labute approximate surface area is 215 Å². The number of hydrogen-bond acceptors (Lipinski definition) is 9. The molecule has 0 aliphatic carbocycles. The van der Waals surface area contributed by atoms with Crippen molar-refractivity contribution in [3.8, 4) is 0 Å². The number of H-pyrrole nitrogens is 2. The number of aliphatic carboxylic acids is 2. The average molecular weight is 539 g/mol. The zero-order chi connectivity index (χ0) is 27.4. The highest BCUT2D eigenvalue weighted by Crippen LogP contribution is 2.05. The van der Waals surface area contributed by atoms with Crippen LogP contribution in [-0.4, -0.2) is 96.0 Å². The Morgan fingerprint density at radius 3 is 1.89 bits per heavy atom. The first kappa shape index (κ1) is 29.3. The zero-order valence-corrected chi connectivity index (χ0v) is 20.8. The molecule has 0 saturated heterocycles. The molecule has 9 N–H and O–H groups in total. The van der Waals surface area contributed by atoms with Gasteiger partial charge in [-0.2, -0.15) is 11.8 Å². The lowest BCUT2D eigenvalue weighted by molar-refractivity contribution is -0.143. The number of nitrogens with zero attached hydrogens (tertiary/aromatic N) is 2. The Hall–Kier alpha value is -3.92. The fourth-order valence-corrected chi connectivity index (χ4v) is 3.71. The van der Waals surface area contributed by atoms with E-state index in [2.05, 4.69) is 35.9 Å². The minimum absolute atomic E-state index is 0.0998. The molecule has 16 heteroatoms. The van der Waals surface area contributed by atoms with Crippen molar-refractivity contribution in [1.29, 1.82) is 0 Å². The van der Waals surface area contributed by atoms with Crippen LogP contribution in [0.25, 0.3) is 0 Å². The van der Waals surface area contributed by atoms with Gasteiger partial charge < -0.3 is 41.9 Å². The van der Waals surface area contributed by atoms with Crippen molar-refractivity contribution in [1.82, 2.24) is 35.9 Å². The van der Waals surface area contributed by atoms with E-state index in [1.54, 1.807) is 0 Å². The predicted octanol–water partition coefficient (Wildman–Crippen LogP) is -1.99. The lowest BCUT2D eigenvalue weighted by Crippen LogP contribution is -2.58. The van der Waals surface area contributed by atoms with E-state index < -0.39 is 60.2 Å². The number of nitrogens with two attached hydrogens (primary N) is 1. The van der Waals surface area contributed by atoms with Crippen LogP contribution in [-0.2, 0) is 36.8 Å². The van der Waals surface area contributed by atoms with Crippen molar-refractivity contribution in [2.45, 2.75) is 49.9 Å². The number of nitrogens with one attached hydrogen (secondary N) is 5. The molecule has 0 bridgehead atoms. The number of aromatic amines is 2. The minimum atomic E-state index is -1.53. The number of aromatic nitrogens is 4. The maximum Gasteiger partial charge on any atom is 0.326 e. The van der Waals surface area contributed by atoms with Crippen molar-refractivity contribution in [2.24, 2.45) is 5.73 Å². The minimum Gasteiger partial charge on any atom is -0.481 e. The SMILES string of the molecule is CSCCC(N)C(=O)NC(CC(=O)O)C(=O)NC(Cc1cnc[nH]1)C(=O)NC(Cc1cnc[nH]1)C(=O)O. The van der Waals surface area contributed by atoms with E-state index in [1.807, 2.05) is 6.26 Å². The molecule has 0 aliphatic heterocycles. The number of carbonyl (C=O) groups excluding carboxylic acids is 3. The van der Waals surface area contributed by atoms with Crippen molar-refractivity contribution in [3.63, 3.8) is 0 Å². The second kappa shape index (κ2) is 14.6. The van der Waals surface area contributed by atoms with Crippen LogP contribution in [0.1, 0.15) is 24.2 Å². The number of imidazole rings is 2. The van der Waals surface area contributed by atoms with Crippen LogP contribution in [0.15, 0.2) is 25.0 Å². The summed E-state index contributed by atoms with van der Waals surface area (Å²) < 4.78 is 0. The number of carboxylic acid groups (broad SMARTS) is 2. The molecule has 0 saturated carbocycles. The van der Waals surface area contributed by atoms with Gasteiger partial charge >= 0.3 is 11.9 Å². The Bertz CT molecular complexity index is 1050. The lowest BCUT2D eigenvalue weighted by atomic mass is 10.1. The first-order valence-corrected chi connectivity index (χ1v) is 12.5. The van der Waals surface area contributed by atoms with Gasteiger partial charge in [0.2, 0.25) is 17.7 Å². The Morgan fingerprint density at radius 2 is 1.41 bits per heavy atom. The molecule has 0 fully saturated rings. The fourth-order valence-electron chi connectivity index (χ4n) is 3.23. The largest absolute Gasteiger partial charge is 0.481 e. The molecule has 3 amide bonds. The van der Waals surface area contributed by atoms with Crippen LogP contribution >= 0.6 is 11.8 Å². The summed E-state index contributed by atoms with van der Waals surface area (Å²) in [6.07, 6.45) is 6.71. The molecule has 2 rings (SSSR count). The van der Waals surface area contributed by atoms with Crippen LogP contribution < -0.4 is 21.7 Å². The van der Waals surface area contributed by atoms with Gasteiger partial charge in [-0.1, -0.05) is 0 Å². The maximum absolute atomic E-state index is 13.1. The van der Waals surface area contributed by atoms with Gasteiger partial charge in [-0.05, 0) is 18.4 Å². The molecule has 0 spiro atoms. The molecule has 37 heavy (non-hydrogen) atoms. The smallest absolute Gasteiger partial charge is 0.326 e. The zero-order valence-electron chi connectivity index (χ0n) is 20.0. The normalized spacial score (nSPS) is 14.1. The number of hydrogen-bond donors (Lipinski definition) is 8. The summed E-state index contributed by atoms with van der Waals surface area (Å²) in [6.45, 7) is 0. The third-order valence-electron chi connectivity index (χ3n) is 5.19. The van der Waals surface area contributed by atoms with Crippen molar-refractivity contribution >= 4 is 41.4 Å². The van der Waals surface area contributed by atoms with Crippen LogP contribution in [0.3, 0.4) is 0 Å². The predicted molar refractivity (Wildman–Crippen MR) is 131 cm³/mol. The van der Waals surface area contributed by atoms with E-state index >= 15 is 0 Å². The Kier molecular flexibility index (Phi) is 11.6. The highest BCUT2D eigenvalue weighted by molar-refractivity contribution is 7.98. The average Bonchev–Trinajstić information content (AvgIpc) is 3.55. The molecular formula is C21H30N8O7S. The monoisotopic (exact) mass is 538 g/mol. The molecule has 2 aromatic rings. The van der Waals surface area contributed by atoms with Crippen LogP contribution in [0, 0.1) is 0 Å². The summed E-state index contributed by atoms with van der Waals surface area (Å²) in [7, 11) is 0. The third kappa shape index (κ3) is 9.92. The summed E-state index contributed by atoms with van der Waals surface area (Å²) in [5, 5.41) is 25.9. The van der Waals surface area contributed by atoms with E-state index in [-0.39, 0.29) is 12.8 Å². The number of thioether (sulfide) groups is 1.